The van der Waals surface area contributed by atoms with Crippen LogP contribution < -0.4 is 10.6 Å². The maximum Gasteiger partial charge on any atom is 0.294 e. The Morgan fingerprint density at radius 2 is 2.19 bits per heavy atom. The number of amides is 1. The molecule has 2 N–H and O–H groups in total. The van der Waals surface area contributed by atoms with E-state index in [4.69, 9.17) is 11.6 Å². The van der Waals surface area contributed by atoms with E-state index in [1.54, 1.807) is 7.05 Å². The third kappa shape index (κ3) is 3.85. The average Bonchev–Trinajstić information content (AvgIpc) is 3.21. The number of hydrogen-bond acceptors (Lipinski definition) is 4. The van der Waals surface area contributed by atoms with Crippen LogP contribution in [0.5, 0.6) is 0 Å². The van der Waals surface area contributed by atoms with Crippen molar-refractivity contribution in [2.45, 2.75) is 32.2 Å². The van der Waals surface area contributed by atoms with Crippen LogP contribution in [0, 0.1) is 16.0 Å². The Bertz CT molecular complexity index is 573. The quantitative estimate of drug-likeness (QED) is 0.624. The molecular formula is C14H18ClN3O3. The molecule has 114 valence electrons. The predicted octanol–water partition coefficient (Wildman–Crippen LogP) is 3.21. The lowest BCUT2D eigenvalue weighted by Gasteiger charge is -2.14. The highest BCUT2D eigenvalue weighted by Crippen LogP contribution is 2.34. The molecule has 2 rings (SSSR count). The number of nitro groups is 1. The van der Waals surface area contributed by atoms with E-state index in [9.17, 15) is 14.9 Å². The van der Waals surface area contributed by atoms with Crippen molar-refractivity contribution in [2.24, 2.45) is 5.92 Å². The molecule has 0 saturated heterocycles. The number of anilines is 1. The van der Waals surface area contributed by atoms with Crippen molar-refractivity contribution in [1.29, 1.82) is 0 Å². The first kappa shape index (κ1) is 15.6. The van der Waals surface area contributed by atoms with Crippen molar-refractivity contribution in [2.75, 3.05) is 12.4 Å². The summed E-state index contributed by atoms with van der Waals surface area (Å²) in [6, 6.07) is 2.74. The van der Waals surface area contributed by atoms with Crippen LogP contribution in [0.3, 0.4) is 0 Å². The Kier molecular flexibility index (Phi) is 4.67. The molecule has 0 aromatic heterocycles. The van der Waals surface area contributed by atoms with Crippen LogP contribution >= 0.6 is 11.6 Å². The number of nitrogens with one attached hydrogen (secondary N) is 2. The summed E-state index contributed by atoms with van der Waals surface area (Å²) in [4.78, 5) is 22.7. The first-order valence-corrected chi connectivity index (χ1v) is 7.26. The second-order valence-corrected chi connectivity index (χ2v) is 5.82. The van der Waals surface area contributed by atoms with Gasteiger partial charge in [-0.1, -0.05) is 24.4 Å². The molecule has 0 heterocycles. The molecule has 1 aromatic rings. The van der Waals surface area contributed by atoms with Gasteiger partial charge < -0.3 is 10.6 Å². The first-order valence-electron chi connectivity index (χ1n) is 6.89. The molecule has 21 heavy (non-hydrogen) atoms. The molecule has 0 spiro atoms. The number of carbonyl (C=O) groups is 1. The molecule has 1 saturated carbocycles. The van der Waals surface area contributed by atoms with Crippen molar-refractivity contribution >= 4 is 28.9 Å². The Labute approximate surface area is 128 Å². The minimum absolute atomic E-state index is 0.0480. The van der Waals surface area contributed by atoms with Crippen LogP contribution in [0.15, 0.2) is 12.1 Å². The Morgan fingerprint density at radius 1 is 1.52 bits per heavy atom. The fourth-order valence-electron chi connectivity index (χ4n) is 2.33. The number of benzene rings is 1. The van der Waals surface area contributed by atoms with Crippen LogP contribution in [-0.4, -0.2) is 23.9 Å². The van der Waals surface area contributed by atoms with E-state index in [1.807, 2.05) is 6.92 Å². The standard InChI is InChI=1S/C14H18ClN3O3/c1-8(5-9-3-4-9)17-14(19)10-6-11(15)13(16-2)12(7-10)18(20)21/h6-9,16H,3-5H2,1-2H3,(H,17,19). The lowest BCUT2D eigenvalue weighted by molar-refractivity contribution is -0.383. The van der Waals surface area contributed by atoms with Gasteiger partial charge in [-0.05, 0) is 25.3 Å². The minimum Gasteiger partial charge on any atom is -0.381 e. The SMILES string of the molecule is CNc1c(Cl)cc(C(=O)NC(C)CC2CC2)cc1[N+](=O)[O-]. The predicted molar refractivity (Wildman–Crippen MR) is 81.9 cm³/mol. The third-order valence-electron chi connectivity index (χ3n) is 3.54. The number of carbonyl (C=O) groups excluding carboxylic acids is 1. The monoisotopic (exact) mass is 311 g/mol. The lowest BCUT2D eigenvalue weighted by Crippen LogP contribution is -2.32. The number of hydrogen-bond donors (Lipinski definition) is 2. The largest absolute Gasteiger partial charge is 0.381 e. The molecule has 1 fully saturated rings. The van der Waals surface area contributed by atoms with Crippen LogP contribution in [0.1, 0.15) is 36.5 Å². The zero-order valence-corrected chi connectivity index (χ0v) is 12.7. The molecule has 1 aliphatic rings. The molecule has 7 heteroatoms. The van der Waals surface area contributed by atoms with Crippen LogP contribution in [0.4, 0.5) is 11.4 Å². The fraction of sp³-hybridized carbons (Fsp3) is 0.500. The van der Waals surface area contributed by atoms with Gasteiger partial charge >= 0.3 is 0 Å². The lowest BCUT2D eigenvalue weighted by atomic mass is 10.1. The van der Waals surface area contributed by atoms with Gasteiger partial charge in [-0.3, -0.25) is 14.9 Å². The van der Waals surface area contributed by atoms with E-state index in [1.165, 1.54) is 25.0 Å². The van der Waals surface area contributed by atoms with Gasteiger partial charge in [0, 0.05) is 24.7 Å². The molecule has 1 aliphatic carbocycles. The van der Waals surface area contributed by atoms with Crippen molar-refractivity contribution in [3.63, 3.8) is 0 Å². The van der Waals surface area contributed by atoms with E-state index < -0.39 is 4.92 Å². The van der Waals surface area contributed by atoms with Crippen molar-refractivity contribution in [3.8, 4) is 0 Å². The minimum atomic E-state index is -0.553. The maximum atomic E-state index is 12.2. The zero-order chi connectivity index (χ0) is 15.6. The number of halogens is 1. The highest BCUT2D eigenvalue weighted by molar-refractivity contribution is 6.34. The molecule has 0 radical (unpaired) electrons. The summed E-state index contributed by atoms with van der Waals surface area (Å²) >= 11 is 6.01. The third-order valence-corrected chi connectivity index (χ3v) is 3.84. The summed E-state index contributed by atoms with van der Waals surface area (Å²) in [5.41, 5.74) is 0.211. The summed E-state index contributed by atoms with van der Waals surface area (Å²) < 4.78 is 0. The van der Waals surface area contributed by atoms with Gasteiger partial charge in [0.2, 0.25) is 0 Å². The fourth-order valence-corrected chi connectivity index (χ4v) is 2.64. The molecule has 6 nitrogen and oxygen atoms in total. The maximum absolute atomic E-state index is 12.2. The van der Waals surface area contributed by atoms with Gasteiger partial charge in [0.15, 0.2) is 0 Å². The number of rotatable bonds is 6. The molecule has 1 atom stereocenters. The number of nitrogens with zero attached hydrogens (tertiary/aromatic N) is 1. The summed E-state index contributed by atoms with van der Waals surface area (Å²) in [6.45, 7) is 1.94. The van der Waals surface area contributed by atoms with Crippen LogP contribution in [-0.2, 0) is 0 Å². The summed E-state index contributed by atoms with van der Waals surface area (Å²) in [5.74, 6) is 0.362. The molecular weight excluding hydrogens is 294 g/mol. The van der Waals surface area contributed by atoms with Crippen molar-refractivity contribution in [1.82, 2.24) is 5.32 Å². The highest BCUT2D eigenvalue weighted by Gasteiger charge is 2.25. The smallest absolute Gasteiger partial charge is 0.294 e. The average molecular weight is 312 g/mol. The second kappa shape index (κ2) is 6.30. The van der Waals surface area contributed by atoms with Gasteiger partial charge in [-0.15, -0.1) is 0 Å². The molecule has 1 aromatic carbocycles. The van der Waals surface area contributed by atoms with Crippen LogP contribution in [0.25, 0.3) is 0 Å². The number of nitro benzene ring substituents is 1. The van der Waals surface area contributed by atoms with E-state index >= 15 is 0 Å². The van der Waals surface area contributed by atoms with E-state index in [0.717, 1.165) is 6.42 Å². The molecule has 0 aliphatic heterocycles. The van der Waals surface area contributed by atoms with Gasteiger partial charge in [0.25, 0.3) is 11.6 Å². The van der Waals surface area contributed by atoms with Gasteiger partial charge in [0.05, 0.1) is 9.95 Å². The summed E-state index contributed by atoms with van der Waals surface area (Å²) in [6.07, 6.45) is 3.37. The molecule has 0 bridgehead atoms. The van der Waals surface area contributed by atoms with E-state index in [0.29, 0.717) is 5.92 Å². The van der Waals surface area contributed by atoms with Crippen molar-refractivity contribution in [3.05, 3.63) is 32.8 Å². The van der Waals surface area contributed by atoms with Gasteiger partial charge in [-0.25, -0.2) is 0 Å². The van der Waals surface area contributed by atoms with Gasteiger partial charge in [-0.2, -0.15) is 0 Å². The van der Waals surface area contributed by atoms with E-state index in [2.05, 4.69) is 10.6 Å². The molecule has 1 unspecified atom stereocenters. The molecule has 1 amide bonds. The van der Waals surface area contributed by atoms with Crippen molar-refractivity contribution < 1.29 is 9.72 Å². The summed E-state index contributed by atoms with van der Waals surface area (Å²) in [7, 11) is 1.55. The first-order chi connectivity index (χ1) is 9.92. The Morgan fingerprint density at radius 3 is 2.71 bits per heavy atom. The Hall–Kier alpha value is -1.82. The zero-order valence-electron chi connectivity index (χ0n) is 12.0. The van der Waals surface area contributed by atoms with Gasteiger partial charge in [0.1, 0.15) is 5.69 Å². The van der Waals surface area contributed by atoms with Crippen LogP contribution in [0.2, 0.25) is 5.02 Å². The Balaban J connectivity index is 2.18. The normalized spacial score (nSPS) is 15.4. The highest BCUT2D eigenvalue weighted by atomic mass is 35.5. The topological polar surface area (TPSA) is 84.3 Å². The van der Waals surface area contributed by atoms with E-state index in [-0.39, 0.29) is 33.9 Å². The summed E-state index contributed by atoms with van der Waals surface area (Å²) in [5, 5.41) is 16.8. The second-order valence-electron chi connectivity index (χ2n) is 5.41.